The van der Waals surface area contributed by atoms with Gasteiger partial charge in [-0.15, -0.1) is 0 Å². The predicted molar refractivity (Wildman–Crippen MR) is 90.5 cm³/mol. The first-order chi connectivity index (χ1) is 10.8. The van der Waals surface area contributed by atoms with Crippen molar-refractivity contribution in [2.45, 2.75) is 13.3 Å². The zero-order chi connectivity index (χ0) is 15.5. The summed E-state index contributed by atoms with van der Waals surface area (Å²) in [6.07, 6.45) is 1.03. The molecule has 0 atom stereocenters. The fourth-order valence-corrected chi connectivity index (χ4v) is 3.14. The average molecular weight is 313 g/mol. The molecule has 2 aromatic carbocycles. The Morgan fingerprint density at radius 3 is 2.26 bits per heavy atom. The minimum Gasteiger partial charge on any atom is -0.870 e. The third-order valence-corrected chi connectivity index (χ3v) is 4.26. The quantitative estimate of drug-likeness (QED) is 0.816. The Balaban J connectivity index is 0.00000192. The highest BCUT2D eigenvalue weighted by Gasteiger charge is 2.28. The van der Waals surface area contributed by atoms with E-state index in [1.807, 2.05) is 0 Å². The summed E-state index contributed by atoms with van der Waals surface area (Å²) in [5.41, 5.74) is 5.10. The maximum absolute atomic E-state index is 5.50. The number of ether oxygens (including phenoxy) is 2. The number of likely N-dealkylation sites (N-methyl/N-ethyl adjacent to an activating group) is 1. The molecule has 1 aliphatic rings. The third kappa shape index (κ3) is 3.08. The monoisotopic (exact) mass is 313 g/mol. The van der Waals surface area contributed by atoms with Crippen molar-refractivity contribution in [1.82, 2.24) is 0 Å². The standard InChI is InChI=1S/C19H22NO2.H2O/c1-4-20-11-10-15-12-17(21-2)18(22-3)13-16(15)19(20)14-8-6-5-7-9-14;/h5-9,12-13H,4,10-11H2,1-3H3;1H2/q+1;/p-1. The molecule has 0 spiro atoms. The molecule has 0 bridgehead atoms. The highest BCUT2D eigenvalue weighted by molar-refractivity contribution is 6.11. The van der Waals surface area contributed by atoms with E-state index in [9.17, 15) is 0 Å². The normalized spacial score (nSPS) is 13.2. The molecular weight excluding hydrogens is 290 g/mol. The molecule has 0 amide bonds. The zero-order valence-electron chi connectivity index (χ0n) is 13.9. The molecular formula is C19H23NO3. The maximum atomic E-state index is 5.50. The average Bonchev–Trinajstić information content (AvgIpc) is 2.60. The molecule has 2 aromatic rings. The minimum absolute atomic E-state index is 0. The van der Waals surface area contributed by atoms with E-state index >= 15 is 0 Å². The third-order valence-electron chi connectivity index (χ3n) is 4.26. The van der Waals surface area contributed by atoms with Crippen LogP contribution < -0.4 is 9.47 Å². The molecule has 23 heavy (non-hydrogen) atoms. The van der Waals surface area contributed by atoms with Gasteiger partial charge in [0, 0.05) is 12.0 Å². The Bertz CT molecular complexity index is 708. The second-order valence-electron chi connectivity index (χ2n) is 5.41. The number of rotatable bonds is 4. The molecule has 0 aliphatic carbocycles. The van der Waals surface area contributed by atoms with Gasteiger partial charge in [-0.05, 0) is 36.8 Å². The van der Waals surface area contributed by atoms with Crippen LogP contribution in [0.5, 0.6) is 11.5 Å². The largest absolute Gasteiger partial charge is 0.870 e. The van der Waals surface area contributed by atoms with Crippen LogP contribution >= 0.6 is 0 Å². The number of nitrogens with zero attached hydrogens (tertiary/aromatic N) is 1. The van der Waals surface area contributed by atoms with Crippen molar-refractivity contribution < 1.29 is 19.5 Å². The summed E-state index contributed by atoms with van der Waals surface area (Å²) >= 11 is 0. The van der Waals surface area contributed by atoms with Crippen LogP contribution in [0.1, 0.15) is 23.6 Å². The van der Waals surface area contributed by atoms with Crippen LogP contribution in [0.15, 0.2) is 42.5 Å². The van der Waals surface area contributed by atoms with Crippen molar-refractivity contribution in [2.24, 2.45) is 0 Å². The van der Waals surface area contributed by atoms with Gasteiger partial charge in [-0.25, -0.2) is 4.58 Å². The summed E-state index contributed by atoms with van der Waals surface area (Å²) in [7, 11) is 3.38. The molecule has 0 saturated carbocycles. The topological polar surface area (TPSA) is 51.5 Å². The van der Waals surface area contributed by atoms with Gasteiger partial charge in [0.15, 0.2) is 11.5 Å². The number of hydrogen-bond acceptors (Lipinski definition) is 3. The van der Waals surface area contributed by atoms with Crippen LogP contribution in [0.2, 0.25) is 0 Å². The van der Waals surface area contributed by atoms with Crippen LogP contribution in [0, 0.1) is 0 Å². The summed E-state index contributed by atoms with van der Waals surface area (Å²) in [6.45, 7) is 4.23. The lowest BCUT2D eigenvalue weighted by Gasteiger charge is -2.20. The fourth-order valence-electron chi connectivity index (χ4n) is 3.14. The van der Waals surface area contributed by atoms with Crippen LogP contribution in [-0.2, 0) is 6.42 Å². The van der Waals surface area contributed by atoms with Crippen LogP contribution in [0.4, 0.5) is 0 Å². The van der Waals surface area contributed by atoms with Crippen molar-refractivity contribution in [3.63, 3.8) is 0 Å². The van der Waals surface area contributed by atoms with E-state index in [4.69, 9.17) is 9.47 Å². The minimum atomic E-state index is 0. The van der Waals surface area contributed by atoms with E-state index in [-0.39, 0.29) is 5.48 Å². The van der Waals surface area contributed by atoms with Crippen LogP contribution in [0.3, 0.4) is 0 Å². The Morgan fingerprint density at radius 2 is 1.65 bits per heavy atom. The van der Waals surface area contributed by atoms with Crippen molar-refractivity contribution in [2.75, 3.05) is 27.3 Å². The zero-order valence-corrected chi connectivity index (χ0v) is 13.9. The van der Waals surface area contributed by atoms with E-state index in [1.165, 1.54) is 22.4 Å². The molecule has 0 saturated heterocycles. The molecule has 0 aromatic heterocycles. The van der Waals surface area contributed by atoms with E-state index in [0.29, 0.717) is 0 Å². The van der Waals surface area contributed by atoms with Gasteiger partial charge in [-0.1, -0.05) is 18.2 Å². The van der Waals surface area contributed by atoms with Crippen molar-refractivity contribution in [3.8, 4) is 11.5 Å². The van der Waals surface area contributed by atoms with Gasteiger partial charge >= 0.3 is 0 Å². The van der Waals surface area contributed by atoms with Crippen molar-refractivity contribution >= 4 is 5.71 Å². The van der Waals surface area contributed by atoms with Gasteiger partial charge < -0.3 is 14.9 Å². The van der Waals surface area contributed by atoms with E-state index in [0.717, 1.165) is 31.0 Å². The maximum Gasteiger partial charge on any atom is 0.214 e. The van der Waals surface area contributed by atoms with E-state index in [2.05, 4.69) is 54.0 Å². The first-order valence-electron chi connectivity index (χ1n) is 7.71. The summed E-state index contributed by atoms with van der Waals surface area (Å²) in [5, 5.41) is 0. The summed E-state index contributed by atoms with van der Waals surface area (Å²) in [6, 6.07) is 14.8. The van der Waals surface area contributed by atoms with Crippen LogP contribution in [-0.4, -0.2) is 43.1 Å². The summed E-state index contributed by atoms with van der Waals surface area (Å²) in [4.78, 5) is 0. The lowest BCUT2D eigenvalue weighted by molar-refractivity contribution is -0.524. The number of benzene rings is 2. The van der Waals surface area contributed by atoms with Crippen molar-refractivity contribution in [3.05, 3.63) is 59.2 Å². The fraction of sp³-hybridized carbons (Fsp3) is 0.316. The SMILES string of the molecule is CC[N+]1=C(c2ccccc2)c2cc(OC)c(OC)cc2CC1.[OH-]. The lowest BCUT2D eigenvalue weighted by atomic mass is 9.92. The highest BCUT2D eigenvalue weighted by Crippen LogP contribution is 2.33. The Labute approximate surface area is 137 Å². The van der Waals surface area contributed by atoms with E-state index < -0.39 is 0 Å². The summed E-state index contributed by atoms with van der Waals surface area (Å²) < 4.78 is 13.4. The highest BCUT2D eigenvalue weighted by atomic mass is 16.5. The molecule has 1 aliphatic heterocycles. The van der Waals surface area contributed by atoms with Gasteiger partial charge in [0.2, 0.25) is 5.71 Å². The van der Waals surface area contributed by atoms with Gasteiger partial charge in [-0.3, -0.25) is 0 Å². The Hall–Kier alpha value is -2.33. The second kappa shape index (κ2) is 7.29. The molecule has 0 fully saturated rings. The smallest absolute Gasteiger partial charge is 0.214 e. The first-order valence-corrected chi connectivity index (χ1v) is 7.71. The van der Waals surface area contributed by atoms with Gasteiger partial charge in [0.1, 0.15) is 13.1 Å². The van der Waals surface area contributed by atoms with Crippen LogP contribution in [0.25, 0.3) is 0 Å². The lowest BCUT2D eigenvalue weighted by Crippen LogP contribution is -2.30. The second-order valence-corrected chi connectivity index (χ2v) is 5.41. The predicted octanol–water partition coefficient (Wildman–Crippen LogP) is 2.95. The molecule has 1 heterocycles. The molecule has 1 N–H and O–H groups in total. The molecule has 122 valence electrons. The number of fused-ring (bicyclic) bond motifs is 1. The van der Waals surface area contributed by atoms with Gasteiger partial charge in [-0.2, -0.15) is 0 Å². The number of methoxy groups -OCH3 is 2. The molecule has 3 rings (SSSR count). The van der Waals surface area contributed by atoms with Crippen molar-refractivity contribution in [1.29, 1.82) is 0 Å². The Kier molecular flexibility index (Phi) is 5.40. The van der Waals surface area contributed by atoms with Gasteiger partial charge in [0.05, 0.1) is 19.8 Å². The summed E-state index contributed by atoms with van der Waals surface area (Å²) in [5.74, 6) is 1.59. The molecule has 4 nitrogen and oxygen atoms in total. The molecule has 0 unspecified atom stereocenters. The van der Waals surface area contributed by atoms with Gasteiger partial charge in [0.25, 0.3) is 0 Å². The number of hydrogen-bond donors (Lipinski definition) is 0. The first kappa shape index (κ1) is 17.0. The molecule has 0 radical (unpaired) electrons. The molecule has 4 heteroatoms. The van der Waals surface area contributed by atoms with E-state index in [1.54, 1.807) is 14.2 Å². The Morgan fingerprint density at radius 1 is 1.00 bits per heavy atom.